The summed E-state index contributed by atoms with van der Waals surface area (Å²) >= 11 is 0. The standard InChI is InChI=1S/C23H22N2O3/c1-16-6-3-4-7-20(16)25-14-17(2)24(15-22(25)26)23(27)19-11-9-18(10-12-19)21-8-5-13-28-21/h3-13,17H,14-15H2,1-2H3. The molecule has 1 atom stereocenters. The van der Waals surface area contributed by atoms with Crippen molar-refractivity contribution in [1.82, 2.24) is 4.90 Å². The lowest BCUT2D eigenvalue weighted by Gasteiger charge is -2.40. The van der Waals surface area contributed by atoms with Crippen molar-refractivity contribution in [3.63, 3.8) is 0 Å². The summed E-state index contributed by atoms with van der Waals surface area (Å²) in [5.41, 5.74) is 3.44. The molecule has 4 rings (SSSR count). The van der Waals surface area contributed by atoms with Gasteiger partial charge in [-0.3, -0.25) is 9.59 Å². The maximum Gasteiger partial charge on any atom is 0.254 e. The topological polar surface area (TPSA) is 53.8 Å². The Bertz CT molecular complexity index is 993. The Hall–Kier alpha value is -3.34. The van der Waals surface area contributed by atoms with Gasteiger partial charge in [-0.25, -0.2) is 0 Å². The fourth-order valence-corrected chi connectivity index (χ4v) is 3.61. The lowest BCUT2D eigenvalue weighted by molar-refractivity contribution is -0.121. The Morgan fingerprint density at radius 3 is 2.46 bits per heavy atom. The zero-order chi connectivity index (χ0) is 19.7. The molecule has 2 amide bonds. The fourth-order valence-electron chi connectivity index (χ4n) is 3.61. The average Bonchev–Trinajstić information content (AvgIpc) is 3.24. The average molecular weight is 374 g/mol. The van der Waals surface area contributed by atoms with Crippen molar-refractivity contribution in [1.29, 1.82) is 0 Å². The van der Waals surface area contributed by atoms with Gasteiger partial charge in [-0.15, -0.1) is 0 Å². The van der Waals surface area contributed by atoms with Gasteiger partial charge in [0.25, 0.3) is 5.91 Å². The first-order valence-electron chi connectivity index (χ1n) is 9.35. The molecule has 5 nitrogen and oxygen atoms in total. The summed E-state index contributed by atoms with van der Waals surface area (Å²) in [5.74, 6) is 0.568. The number of carbonyl (C=O) groups excluding carboxylic acids is 2. The summed E-state index contributed by atoms with van der Waals surface area (Å²) in [5, 5.41) is 0. The van der Waals surface area contributed by atoms with Gasteiger partial charge < -0.3 is 14.2 Å². The van der Waals surface area contributed by atoms with E-state index in [1.807, 2.05) is 62.4 Å². The molecule has 5 heteroatoms. The monoisotopic (exact) mass is 374 g/mol. The minimum absolute atomic E-state index is 0.0621. The Labute approximate surface area is 164 Å². The Kier molecular flexibility index (Phi) is 4.74. The summed E-state index contributed by atoms with van der Waals surface area (Å²) in [7, 11) is 0. The van der Waals surface area contributed by atoms with Gasteiger partial charge in [-0.05, 0) is 49.7 Å². The summed E-state index contributed by atoms with van der Waals surface area (Å²) in [6.07, 6.45) is 1.62. The van der Waals surface area contributed by atoms with Gasteiger partial charge in [0.2, 0.25) is 5.91 Å². The van der Waals surface area contributed by atoms with Crippen LogP contribution in [0.4, 0.5) is 5.69 Å². The first kappa shape index (κ1) is 18.0. The van der Waals surface area contributed by atoms with Gasteiger partial charge in [-0.1, -0.05) is 30.3 Å². The molecule has 0 saturated carbocycles. The van der Waals surface area contributed by atoms with Crippen LogP contribution in [0.2, 0.25) is 0 Å². The second-order valence-electron chi connectivity index (χ2n) is 7.13. The third kappa shape index (κ3) is 3.31. The van der Waals surface area contributed by atoms with E-state index < -0.39 is 0 Å². The fraction of sp³-hybridized carbons (Fsp3) is 0.217. The molecular formula is C23H22N2O3. The normalized spacial score (nSPS) is 17.1. The van der Waals surface area contributed by atoms with E-state index in [9.17, 15) is 9.59 Å². The number of benzene rings is 2. The number of nitrogens with zero attached hydrogens (tertiary/aromatic N) is 2. The molecule has 1 unspecified atom stereocenters. The molecular weight excluding hydrogens is 352 g/mol. The zero-order valence-corrected chi connectivity index (χ0v) is 16.0. The van der Waals surface area contributed by atoms with Crippen LogP contribution in [0.25, 0.3) is 11.3 Å². The molecule has 2 aromatic carbocycles. The Morgan fingerprint density at radius 2 is 1.79 bits per heavy atom. The van der Waals surface area contributed by atoms with Crippen LogP contribution in [0, 0.1) is 6.92 Å². The number of aryl methyl sites for hydroxylation is 1. The Balaban J connectivity index is 1.51. The molecule has 28 heavy (non-hydrogen) atoms. The van der Waals surface area contributed by atoms with E-state index in [2.05, 4.69) is 0 Å². The zero-order valence-electron chi connectivity index (χ0n) is 16.0. The lowest BCUT2D eigenvalue weighted by Crippen LogP contribution is -2.57. The molecule has 0 N–H and O–H groups in total. The van der Waals surface area contributed by atoms with Crippen LogP contribution in [-0.4, -0.2) is 35.8 Å². The van der Waals surface area contributed by atoms with Gasteiger partial charge >= 0.3 is 0 Å². The molecule has 1 saturated heterocycles. The van der Waals surface area contributed by atoms with Crippen molar-refractivity contribution < 1.29 is 14.0 Å². The number of amides is 2. The third-order valence-corrected chi connectivity index (χ3v) is 5.19. The van der Waals surface area contributed by atoms with E-state index >= 15 is 0 Å². The van der Waals surface area contributed by atoms with E-state index in [-0.39, 0.29) is 24.4 Å². The highest BCUT2D eigenvalue weighted by molar-refractivity contribution is 6.02. The van der Waals surface area contributed by atoms with Crippen LogP contribution in [0.1, 0.15) is 22.8 Å². The van der Waals surface area contributed by atoms with E-state index in [1.165, 1.54) is 0 Å². The first-order valence-corrected chi connectivity index (χ1v) is 9.35. The van der Waals surface area contributed by atoms with Crippen molar-refractivity contribution in [2.75, 3.05) is 18.0 Å². The molecule has 1 aromatic heterocycles. The predicted molar refractivity (Wildman–Crippen MR) is 108 cm³/mol. The van der Waals surface area contributed by atoms with Crippen LogP contribution >= 0.6 is 0 Å². The van der Waals surface area contributed by atoms with Crippen LogP contribution in [0.5, 0.6) is 0 Å². The number of para-hydroxylation sites is 1. The van der Waals surface area contributed by atoms with Crippen LogP contribution in [0.3, 0.4) is 0 Å². The number of piperazine rings is 1. The number of hydrogen-bond donors (Lipinski definition) is 0. The van der Waals surface area contributed by atoms with Crippen LogP contribution < -0.4 is 4.90 Å². The number of rotatable bonds is 3. The second kappa shape index (κ2) is 7.35. The predicted octanol–water partition coefficient (Wildman–Crippen LogP) is 4.13. The maximum atomic E-state index is 13.0. The molecule has 0 aliphatic carbocycles. The lowest BCUT2D eigenvalue weighted by atomic mass is 10.1. The second-order valence-corrected chi connectivity index (χ2v) is 7.13. The molecule has 1 aliphatic rings. The quantitative estimate of drug-likeness (QED) is 0.693. The SMILES string of the molecule is Cc1ccccc1N1CC(C)N(C(=O)c2ccc(-c3ccco3)cc2)CC1=O. The van der Waals surface area contributed by atoms with Gasteiger partial charge in [0.05, 0.1) is 6.26 Å². The highest BCUT2D eigenvalue weighted by atomic mass is 16.3. The molecule has 2 heterocycles. The van der Waals surface area contributed by atoms with Crippen molar-refractivity contribution in [2.24, 2.45) is 0 Å². The minimum atomic E-state index is -0.128. The van der Waals surface area contributed by atoms with Gasteiger partial charge in [0.15, 0.2) is 0 Å². The maximum absolute atomic E-state index is 13.0. The van der Waals surface area contributed by atoms with Crippen molar-refractivity contribution in [3.8, 4) is 11.3 Å². The summed E-state index contributed by atoms with van der Waals surface area (Å²) in [4.78, 5) is 29.2. The molecule has 0 bridgehead atoms. The van der Waals surface area contributed by atoms with Crippen LogP contribution in [-0.2, 0) is 4.79 Å². The van der Waals surface area contributed by atoms with Crippen LogP contribution in [0.15, 0.2) is 71.3 Å². The van der Waals surface area contributed by atoms with E-state index in [0.29, 0.717) is 12.1 Å². The van der Waals surface area contributed by atoms with Gasteiger partial charge in [-0.2, -0.15) is 0 Å². The first-order chi connectivity index (χ1) is 13.5. The Morgan fingerprint density at radius 1 is 1.04 bits per heavy atom. The van der Waals surface area contributed by atoms with Crippen molar-refractivity contribution in [2.45, 2.75) is 19.9 Å². The highest BCUT2D eigenvalue weighted by Gasteiger charge is 2.34. The van der Waals surface area contributed by atoms with Crippen molar-refractivity contribution >= 4 is 17.5 Å². The van der Waals surface area contributed by atoms with Gasteiger partial charge in [0, 0.05) is 29.4 Å². The summed E-state index contributed by atoms with van der Waals surface area (Å²) in [6, 6.07) is 18.8. The van der Waals surface area contributed by atoms with Gasteiger partial charge in [0.1, 0.15) is 12.3 Å². The summed E-state index contributed by atoms with van der Waals surface area (Å²) in [6.45, 7) is 4.53. The van der Waals surface area contributed by atoms with E-state index in [4.69, 9.17) is 4.42 Å². The number of anilines is 1. The smallest absolute Gasteiger partial charge is 0.254 e. The third-order valence-electron chi connectivity index (χ3n) is 5.19. The van der Waals surface area contributed by atoms with E-state index in [1.54, 1.807) is 28.2 Å². The highest BCUT2D eigenvalue weighted by Crippen LogP contribution is 2.25. The van der Waals surface area contributed by atoms with Crippen molar-refractivity contribution in [3.05, 3.63) is 78.1 Å². The molecule has 142 valence electrons. The minimum Gasteiger partial charge on any atom is -0.464 e. The molecule has 3 aromatic rings. The number of hydrogen-bond acceptors (Lipinski definition) is 3. The number of carbonyl (C=O) groups is 2. The van der Waals surface area contributed by atoms with E-state index in [0.717, 1.165) is 22.6 Å². The largest absolute Gasteiger partial charge is 0.464 e. The summed E-state index contributed by atoms with van der Waals surface area (Å²) < 4.78 is 5.39. The molecule has 0 radical (unpaired) electrons. The number of furan rings is 1. The molecule has 0 spiro atoms. The molecule has 1 aliphatic heterocycles. The molecule has 1 fully saturated rings.